The van der Waals surface area contributed by atoms with Gasteiger partial charge in [0.1, 0.15) is 0 Å². The molecule has 0 aliphatic carbocycles. The highest BCUT2D eigenvalue weighted by atomic mass is 79.9. The van der Waals surface area contributed by atoms with E-state index in [1.165, 1.54) is 9.13 Å². The van der Waals surface area contributed by atoms with Crippen molar-refractivity contribution >= 4 is 33.0 Å². The number of aryl methyl sites for hydroxylation is 2. The zero-order valence-corrected chi connectivity index (χ0v) is 16.3. The fourth-order valence-corrected chi connectivity index (χ4v) is 3.24. The van der Waals surface area contributed by atoms with E-state index in [0.29, 0.717) is 17.1 Å². The van der Waals surface area contributed by atoms with E-state index in [9.17, 15) is 14.7 Å². The minimum absolute atomic E-state index is 0.169. The number of nitrogens with one attached hydrogen (secondary N) is 1. The number of benzene rings is 1. The molecule has 2 heterocycles. The van der Waals surface area contributed by atoms with Crippen LogP contribution in [0.15, 0.2) is 38.3 Å². The fraction of sp³-hybridized carbons (Fsp3) is 0.353. The summed E-state index contributed by atoms with van der Waals surface area (Å²) < 4.78 is 5.05. The molecule has 3 rings (SSSR count). The van der Waals surface area contributed by atoms with E-state index < -0.39 is 17.4 Å². The molecule has 2 N–H and O–H groups in total. The first-order chi connectivity index (χ1) is 12.3. The third-order valence-electron chi connectivity index (χ3n) is 4.15. The van der Waals surface area contributed by atoms with Gasteiger partial charge in [-0.3, -0.25) is 13.9 Å². The Bertz CT molecular complexity index is 1080. The number of nitrogens with zero attached hydrogens (tertiary/aromatic N) is 4. The van der Waals surface area contributed by atoms with Crippen LogP contribution in [0.2, 0.25) is 0 Å². The Hall–Kier alpha value is -2.39. The van der Waals surface area contributed by atoms with Gasteiger partial charge in [-0.2, -0.15) is 4.98 Å². The molecule has 0 saturated heterocycles. The second kappa shape index (κ2) is 7.08. The van der Waals surface area contributed by atoms with Crippen LogP contribution in [0.5, 0.6) is 0 Å². The average Bonchev–Trinajstić information content (AvgIpc) is 2.92. The van der Waals surface area contributed by atoms with E-state index in [1.54, 1.807) is 25.6 Å². The van der Waals surface area contributed by atoms with E-state index >= 15 is 0 Å². The van der Waals surface area contributed by atoms with Crippen LogP contribution in [0.4, 0.5) is 5.95 Å². The van der Waals surface area contributed by atoms with Gasteiger partial charge in [0.15, 0.2) is 11.2 Å². The third kappa shape index (κ3) is 3.32. The predicted molar refractivity (Wildman–Crippen MR) is 104 cm³/mol. The maximum absolute atomic E-state index is 13.0. The van der Waals surface area contributed by atoms with Crippen molar-refractivity contribution in [3.8, 4) is 0 Å². The van der Waals surface area contributed by atoms with Gasteiger partial charge in [0.05, 0.1) is 12.6 Å². The molecule has 0 amide bonds. The largest absolute Gasteiger partial charge is 0.392 e. The summed E-state index contributed by atoms with van der Waals surface area (Å²) in [5.41, 5.74) is 0.648. The average molecular weight is 422 g/mol. The molecular weight excluding hydrogens is 402 g/mol. The monoisotopic (exact) mass is 421 g/mol. The maximum atomic E-state index is 13.0. The molecule has 138 valence electrons. The summed E-state index contributed by atoms with van der Waals surface area (Å²) in [5, 5.41) is 12.4. The number of aliphatic hydroxyl groups is 1. The van der Waals surface area contributed by atoms with Gasteiger partial charge in [0, 0.05) is 25.1 Å². The molecule has 0 aliphatic rings. The second-order valence-electron chi connectivity index (χ2n) is 6.26. The minimum Gasteiger partial charge on any atom is -0.392 e. The number of imidazole rings is 1. The van der Waals surface area contributed by atoms with Gasteiger partial charge in [-0.25, -0.2) is 4.79 Å². The molecule has 1 atom stereocenters. The Morgan fingerprint density at radius 2 is 2.00 bits per heavy atom. The van der Waals surface area contributed by atoms with Gasteiger partial charge < -0.3 is 15.0 Å². The number of hydrogen-bond acceptors (Lipinski definition) is 5. The topological polar surface area (TPSA) is 94.1 Å². The van der Waals surface area contributed by atoms with Crippen molar-refractivity contribution in [1.29, 1.82) is 0 Å². The summed E-state index contributed by atoms with van der Waals surface area (Å²) in [6.45, 7) is 2.11. The molecular formula is C17H20BrN5O3. The summed E-state index contributed by atoms with van der Waals surface area (Å²) in [4.78, 5) is 30.0. The number of hydrogen-bond donors (Lipinski definition) is 2. The highest BCUT2D eigenvalue weighted by molar-refractivity contribution is 9.10. The van der Waals surface area contributed by atoms with Crippen LogP contribution in [-0.4, -0.2) is 36.4 Å². The van der Waals surface area contributed by atoms with Gasteiger partial charge in [-0.05, 0) is 24.6 Å². The SMILES string of the molecule is CC(O)CNc1nc2c(c(=O)n(Cc3cccc(Br)c3)c(=O)n2C)n1C. The minimum atomic E-state index is -0.563. The molecule has 2 aromatic heterocycles. The Morgan fingerprint density at radius 1 is 1.27 bits per heavy atom. The molecule has 3 aromatic rings. The molecule has 1 unspecified atom stereocenters. The summed E-state index contributed by atoms with van der Waals surface area (Å²) in [5.74, 6) is 0.424. The van der Waals surface area contributed by atoms with Gasteiger partial charge >= 0.3 is 5.69 Å². The first kappa shape index (κ1) is 18.4. The van der Waals surface area contributed by atoms with Crippen molar-refractivity contribution in [2.24, 2.45) is 14.1 Å². The van der Waals surface area contributed by atoms with Crippen molar-refractivity contribution in [2.75, 3.05) is 11.9 Å². The van der Waals surface area contributed by atoms with E-state index in [-0.39, 0.29) is 13.1 Å². The summed E-state index contributed by atoms with van der Waals surface area (Å²) in [6, 6.07) is 7.47. The van der Waals surface area contributed by atoms with Gasteiger partial charge in [-0.1, -0.05) is 28.1 Å². The lowest BCUT2D eigenvalue weighted by molar-refractivity contribution is 0.208. The van der Waals surface area contributed by atoms with Crippen molar-refractivity contribution < 1.29 is 5.11 Å². The Kier molecular flexibility index (Phi) is 5.01. The molecule has 0 aliphatic heterocycles. The smallest absolute Gasteiger partial charge is 0.332 e. The molecule has 0 radical (unpaired) electrons. The molecule has 26 heavy (non-hydrogen) atoms. The fourth-order valence-electron chi connectivity index (χ4n) is 2.80. The summed E-state index contributed by atoms with van der Waals surface area (Å²) in [6.07, 6.45) is -0.563. The lowest BCUT2D eigenvalue weighted by atomic mass is 10.2. The van der Waals surface area contributed by atoms with Crippen molar-refractivity contribution in [1.82, 2.24) is 18.7 Å². The first-order valence-electron chi connectivity index (χ1n) is 8.12. The zero-order chi connectivity index (χ0) is 19.0. The molecule has 1 aromatic carbocycles. The molecule has 0 spiro atoms. The van der Waals surface area contributed by atoms with Crippen molar-refractivity contribution in [3.63, 3.8) is 0 Å². The molecule has 8 nitrogen and oxygen atoms in total. The van der Waals surface area contributed by atoms with Crippen LogP contribution in [-0.2, 0) is 20.6 Å². The molecule has 0 fully saturated rings. The Morgan fingerprint density at radius 3 is 2.65 bits per heavy atom. The number of aliphatic hydroxyl groups excluding tert-OH is 1. The number of aromatic nitrogens is 4. The Balaban J connectivity index is 2.15. The lowest BCUT2D eigenvalue weighted by Gasteiger charge is -2.09. The van der Waals surface area contributed by atoms with Gasteiger partial charge in [-0.15, -0.1) is 0 Å². The lowest BCUT2D eigenvalue weighted by Crippen LogP contribution is -2.39. The summed E-state index contributed by atoms with van der Waals surface area (Å²) in [7, 11) is 3.29. The van der Waals surface area contributed by atoms with E-state index in [0.717, 1.165) is 10.0 Å². The zero-order valence-electron chi connectivity index (χ0n) is 14.7. The molecule has 9 heteroatoms. The Labute approximate surface area is 157 Å². The number of rotatable bonds is 5. The highest BCUT2D eigenvalue weighted by Gasteiger charge is 2.18. The molecule has 0 saturated carbocycles. The van der Waals surface area contributed by atoms with Crippen molar-refractivity contribution in [2.45, 2.75) is 19.6 Å². The van der Waals surface area contributed by atoms with Gasteiger partial charge in [0.25, 0.3) is 5.56 Å². The number of halogens is 1. The van der Waals surface area contributed by atoms with E-state index in [1.807, 2.05) is 24.3 Å². The normalized spacial score (nSPS) is 12.5. The van der Waals surface area contributed by atoms with Crippen LogP contribution < -0.4 is 16.6 Å². The number of fused-ring (bicyclic) bond motifs is 1. The quantitative estimate of drug-likeness (QED) is 0.641. The van der Waals surface area contributed by atoms with Crippen LogP contribution >= 0.6 is 15.9 Å². The van der Waals surface area contributed by atoms with Crippen LogP contribution in [0, 0.1) is 0 Å². The van der Waals surface area contributed by atoms with Crippen LogP contribution in [0.3, 0.4) is 0 Å². The van der Waals surface area contributed by atoms with Crippen LogP contribution in [0.1, 0.15) is 12.5 Å². The van der Waals surface area contributed by atoms with Crippen LogP contribution in [0.25, 0.3) is 11.2 Å². The second-order valence-corrected chi connectivity index (χ2v) is 7.18. The van der Waals surface area contributed by atoms with Gasteiger partial charge in [0.2, 0.25) is 5.95 Å². The predicted octanol–water partition coefficient (Wildman–Crippen LogP) is 1.04. The summed E-state index contributed by atoms with van der Waals surface area (Å²) >= 11 is 3.40. The van der Waals surface area contributed by atoms with Crippen molar-refractivity contribution in [3.05, 3.63) is 55.1 Å². The molecule has 0 bridgehead atoms. The maximum Gasteiger partial charge on any atom is 0.332 e. The third-order valence-corrected chi connectivity index (χ3v) is 4.64. The first-order valence-corrected chi connectivity index (χ1v) is 8.91. The van der Waals surface area contributed by atoms with E-state index in [4.69, 9.17) is 0 Å². The van der Waals surface area contributed by atoms with E-state index in [2.05, 4.69) is 26.2 Å². The standard InChI is InChI=1S/C17H20BrN5O3/c1-10(24)8-19-16-20-14-13(21(16)2)15(25)23(17(26)22(14)3)9-11-5-4-6-12(18)7-11/h4-7,10,24H,8-9H2,1-3H3,(H,19,20). The highest BCUT2D eigenvalue weighted by Crippen LogP contribution is 2.15. The number of anilines is 1.